The van der Waals surface area contributed by atoms with Crippen molar-refractivity contribution < 1.29 is 13.2 Å². The molecule has 0 saturated carbocycles. The Morgan fingerprint density at radius 2 is 1.78 bits per heavy atom. The van der Waals surface area contributed by atoms with Crippen LogP contribution in [0, 0.1) is 12.8 Å². The summed E-state index contributed by atoms with van der Waals surface area (Å²) in [4.78, 5) is 12.6. The number of hydrogen-bond donors (Lipinski definition) is 1. The first-order valence-corrected chi connectivity index (χ1v) is 10.7. The van der Waals surface area contributed by atoms with Gasteiger partial charge in [0.25, 0.3) is 0 Å². The van der Waals surface area contributed by atoms with Gasteiger partial charge in [-0.15, -0.1) is 0 Å². The van der Waals surface area contributed by atoms with Crippen molar-refractivity contribution in [1.82, 2.24) is 4.31 Å². The third kappa shape index (κ3) is 4.76. The summed E-state index contributed by atoms with van der Waals surface area (Å²) in [6.07, 6.45) is 1.78. The number of Topliss-reactive ketones (excluding diaryl/α,β-unsaturated/α-hetero) is 1. The van der Waals surface area contributed by atoms with Crippen molar-refractivity contribution in [1.29, 1.82) is 0 Å². The smallest absolute Gasteiger partial charge is 0.243 e. The molecule has 0 amide bonds. The summed E-state index contributed by atoms with van der Waals surface area (Å²) in [5, 5.41) is 3.11. The third-order valence-corrected chi connectivity index (χ3v) is 6.94. The molecule has 0 bridgehead atoms. The minimum Gasteiger partial charge on any atom is -0.378 e. The fourth-order valence-electron chi connectivity index (χ4n) is 3.23. The largest absolute Gasteiger partial charge is 0.378 e. The second-order valence-corrected chi connectivity index (χ2v) is 9.20. The van der Waals surface area contributed by atoms with E-state index in [1.807, 2.05) is 31.2 Å². The van der Waals surface area contributed by atoms with E-state index in [1.54, 1.807) is 16.4 Å². The van der Waals surface area contributed by atoms with Crippen molar-refractivity contribution in [2.24, 2.45) is 5.92 Å². The van der Waals surface area contributed by atoms with Gasteiger partial charge in [0.15, 0.2) is 5.78 Å². The molecule has 0 radical (unpaired) electrons. The zero-order valence-corrected chi connectivity index (χ0v) is 16.6. The molecule has 2 aromatic rings. The molecule has 1 aliphatic heterocycles. The van der Waals surface area contributed by atoms with Gasteiger partial charge in [-0.25, -0.2) is 8.42 Å². The summed E-state index contributed by atoms with van der Waals surface area (Å²) < 4.78 is 27.0. The van der Waals surface area contributed by atoms with E-state index < -0.39 is 10.0 Å². The van der Waals surface area contributed by atoms with Gasteiger partial charge in [-0.2, -0.15) is 4.31 Å². The van der Waals surface area contributed by atoms with Crippen LogP contribution in [0.2, 0.25) is 0 Å². The van der Waals surface area contributed by atoms with Gasteiger partial charge < -0.3 is 5.32 Å². The second-order valence-electron chi connectivity index (χ2n) is 7.26. The number of rotatable bonds is 6. The summed E-state index contributed by atoms with van der Waals surface area (Å²) in [7, 11) is -3.48. The molecule has 1 aliphatic rings. The van der Waals surface area contributed by atoms with E-state index in [2.05, 4.69) is 12.2 Å². The molecule has 2 aromatic carbocycles. The fourth-order valence-corrected chi connectivity index (χ4v) is 4.70. The van der Waals surface area contributed by atoms with Gasteiger partial charge in [-0.05, 0) is 67.6 Å². The molecule has 0 unspecified atom stereocenters. The average Bonchev–Trinajstić information content (AvgIpc) is 2.66. The van der Waals surface area contributed by atoms with E-state index in [4.69, 9.17) is 0 Å². The summed E-state index contributed by atoms with van der Waals surface area (Å²) >= 11 is 0. The first-order valence-electron chi connectivity index (χ1n) is 9.30. The van der Waals surface area contributed by atoms with Crippen molar-refractivity contribution >= 4 is 21.5 Å². The minimum atomic E-state index is -3.48. The van der Waals surface area contributed by atoms with Crippen molar-refractivity contribution in [3.63, 3.8) is 0 Å². The molecule has 1 heterocycles. The summed E-state index contributed by atoms with van der Waals surface area (Å²) in [5.74, 6) is 0.490. The number of aryl methyl sites for hydroxylation is 1. The zero-order valence-electron chi connectivity index (χ0n) is 15.8. The van der Waals surface area contributed by atoms with Crippen molar-refractivity contribution in [3.8, 4) is 0 Å². The lowest BCUT2D eigenvalue weighted by molar-refractivity contribution is 0.101. The first kappa shape index (κ1) is 19.6. The average molecular weight is 387 g/mol. The van der Waals surface area contributed by atoms with E-state index in [9.17, 15) is 13.2 Å². The summed E-state index contributed by atoms with van der Waals surface area (Å²) in [6.45, 7) is 5.43. The molecular weight excluding hydrogens is 360 g/mol. The third-order valence-electron chi connectivity index (χ3n) is 5.03. The minimum absolute atomic E-state index is 0.0766. The highest BCUT2D eigenvalue weighted by Gasteiger charge is 2.28. The Morgan fingerprint density at radius 1 is 1.11 bits per heavy atom. The number of ketones is 1. The summed E-state index contributed by atoms with van der Waals surface area (Å²) in [5.41, 5.74) is 2.51. The monoisotopic (exact) mass is 386 g/mol. The van der Waals surface area contributed by atoms with Gasteiger partial charge in [0.1, 0.15) is 0 Å². The number of nitrogens with one attached hydrogen (secondary N) is 1. The predicted octanol–water partition coefficient (Wildman–Crippen LogP) is 3.71. The molecule has 0 spiro atoms. The van der Waals surface area contributed by atoms with E-state index >= 15 is 0 Å². The van der Waals surface area contributed by atoms with Crippen LogP contribution in [0.25, 0.3) is 0 Å². The standard InChI is InChI=1S/C21H26N2O3S/c1-16-10-12-23(13-11-16)27(25,26)20-8-6-18(7-9-20)21(24)15-22-19-5-3-4-17(2)14-19/h3-9,14,16,22H,10-13,15H2,1-2H3. The Balaban J connectivity index is 1.64. The summed E-state index contributed by atoms with van der Waals surface area (Å²) in [6, 6.07) is 14.1. The molecule has 6 heteroatoms. The SMILES string of the molecule is Cc1cccc(NCC(=O)c2ccc(S(=O)(=O)N3CCC(C)CC3)cc2)c1. The van der Waals surface area contributed by atoms with E-state index in [-0.39, 0.29) is 17.2 Å². The van der Waals surface area contributed by atoms with Crippen LogP contribution >= 0.6 is 0 Å². The number of anilines is 1. The molecule has 144 valence electrons. The molecule has 1 fully saturated rings. The number of nitrogens with zero attached hydrogens (tertiary/aromatic N) is 1. The maximum absolute atomic E-state index is 12.7. The van der Waals surface area contributed by atoms with Gasteiger partial charge in [-0.1, -0.05) is 19.1 Å². The van der Waals surface area contributed by atoms with E-state index in [0.29, 0.717) is 24.6 Å². The highest BCUT2D eigenvalue weighted by atomic mass is 32.2. The maximum atomic E-state index is 12.7. The van der Waals surface area contributed by atoms with Gasteiger partial charge >= 0.3 is 0 Å². The van der Waals surface area contributed by atoms with Gasteiger partial charge in [0.05, 0.1) is 11.4 Å². The first-order chi connectivity index (χ1) is 12.9. The molecule has 0 aromatic heterocycles. The maximum Gasteiger partial charge on any atom is 0.243 e. The topological polar surface area (TPSA) is 66.5 Å². The number of carbonyl (C=O) groups excluding carboxylic acids is 1. The van der Waals surface area contributed by atoms with Crippen LogP contribution in [-0.2, 0) is 10.0 Å². The fraction of sp³-hybridized carbons (Fsp3) is 0.381. The van der Waals surface area contributed by atoms with E-state index in [0.717, 1.165) is 24.1 Å². The van der Waals surface area contributed by atoms with Crippen LogP contribution in [0.15, 0.2) is 53.4 Å². The molecule has 27 heavy (non-hydrogen) atoms. The van der Waals surface area contributed by atoms with Gasteiger partial charge in [0, 0.05) is 24.3 Å². The van der Waals surface area contributed by atoms with Crippen molar-refractivity contribution in [2.45, 2.75) is 31.6 Å². The van der Waals surface area contributed by atoms with Crippen LogP contribution in [0.5, 0.6) is 0 Å². The molecule has 0 aliphatic carbocycles. The van der Waals surface area contributed by atoms with Crippen molar-refractivity contribution in [3.05, 3.63) is 59.7 Å². The Hall–Kier alpha value is -2.18. The lowest BCUT2D eigenvalue weighted by Gasteiger charge is -2.29. The lowest BCUT2D eigenvalue weighted by Crippen LogP contribution is -2.37. The van der Waals surface area contributed by atoms with Gasteiger partial charge in [0.2, 0.25) is 10.0 Å². The molecule has 1 saturated heterocycles. The Bertz CT molecular complexity index is 899. The number of piperidine rings is 1. The number of hydrogen-bond acceptors (Lipinski definition) is 4. The zero-order chi connectivity index (χ0) is 19.4. The highest BCUT2D eigenvalue weighted by molar-refractivity contribution is 7.89. The number of sulfonamides is 1. The van der Waals surface area contributed by atoms with Crippen LogP contribution in [-0.4, -0.2) is 38.1 Å². The Kier molecular flexibility index (Phi) is 5.97. The van der Waals surface area contributed by atoms with E-state index in [1.165, 1.54) is 12.1 Å². The highest BCUT2D eigenvalue weighted by Crippen LogP contribution is 2.23. The molecule has 0 atom stereocenters. The van der Waals surface area contributed by atoms with Crippen LogP contribution in [0.4, 0.5) is 5.69 Å². The molecule has 1 N–H and O–H groups in total. The lowest BCUT2D eigenvalue weighted by atomic mass is 10.0. The number of benzene rings is 2. The quantitative estimate of drug-likeness (QED) is 0.769. The second kappa shape index (κ2) is 8.23. The van der Waals surface area contributed by atoms with Gasteiger partial charge in [-0.3, -0.25) is 4.79 Å². The Labute approximate surface area is 161 Å². The van der Waals surface area contributed by atoms with Crippen molar-refractivity contribution in [2.75, 3.05) is 25.0 Å². The normalized spacial score (nSPS) is 16.2. The number of carbonyl (C=O) groups is 1. The Morgan fingerprint density at radius 3 is 2.41 bits per heavy atom. The van der Waals surface area contributed by atoms with Crippen LogP contribution < -0.4 is 5.32 Å². The van der Waals surface area contributed by atoms with Crippen LogP contribution in [0.3, 0.4) is 0 Å². The predicted molar refractivity (Wildman–Crippen MR) is 108 cm³/mol. The molecular formula is C21H26N2O3S. The van der Waals surface area contributed by atoms with Crippen LogP contribution in [0.1, 0.15) is 35.7 Å². The molecule has 3 rings (SSSR count). The molecule has 5 nitrogen and oxygen atoms in total.